The van der Waals surface area contributed by atoms with Crippen molar-refractivity contribution in [3.63, 3.8) is 0 Å². The monoisotopic (exact) mass is 437 g/mol. The van der Waals surface area contributed by atoms with E-state index in [-0.39, 0.29) is 16.7 Å². The maximum Gasteiger partial charge on any atom is 0.409 e. The zero-order valence-corrected chi connectivity index (χ0v) is 18.5. The van der Waals surface area contributed by atoms with Gasteiger partial charge in [-0.25, -0.2) is 13.2 Å². The lowest BCUT2D eigenvalue weighted by atomic mass is 9.97. The highest BCUT2D eigenvalue weighted by Gasteiger charge is 2.30. The number of nitrogens with zero attached hydrogens (tertiary/aromatic N) is 2. The van der Waals surface area contributed by atoms with E-state index in [0.29, 0.717) is 50.8 Å². The molecule has 0 aromatic heterocycles. The number of carbonyl (C=O) groups excluding carboxylic acids is 2. The first kappa shape index (κ1) is 22.6. The number of piperidine rings is 2. The molecule has 2 amide bonds. The quantitative estimate of drug-likeness (QED) is 0.764. The summed E-state index contributed by atoms with van der Waals surface area (Å²) in [6, 6.07) is 6.31. The van der Waals surface area contributed by atoms with E-state index in [4.69, 9.17) is 4.74 Å². The van der Waals surface area contributed by atoms with Crippen molar-refractivity contribution < 1.29 is 22.7 Å². The summed E-state index contributed by atoms with van der Waals surface area (Å²) in [5.74, 6) is -0.136. The molecule has 2 aliphatic rings. The molecule has 2 saturated heterocycles. The van der Waals surface area contributed by atoms with E-state index < -0.39 is 16.1 Å². The van der Waals surface area contributed by atoms with Crippen molar-refractivity contribution in [3.8, 4) is 0 Å². The standard InChI is InChI=1S/C21H31N3O5S/c1-3-29-21(26)23-12-5-7-17(15-23)20(25)22-18-8-10-19(11-9-18)30(27,28)24-13-4-6-16(2)14-24/h8-11,16-17H,3-7,12-15H2,1-2H3,(H,22,25)/t16-,17+/m0/s1. The number of likely N-dealkylation sites (tertiary alicyclic amines) is 1. The number of anilines is 1. The Kier molecular flexibility index (Phi) is 7.36. The minimum Gasteiger partial charge on any atom is -0.450 e. The van der Waals surface area contributed by atoms with Gasteiger partial charge in [0.05, 0.1) is 17.4 Å². The van der Waals surface area contributed by atoms with Gasteiger partial charge in [0.15, 0.2) is 0 Å². The second kappa shape index (κ2) is 9.78. The van der Waals surface area contributed by atoms with Crippen LogP contribution in [0.15, 0.2) is 29.2 Å². The molecule has 9 heteroatoms. The number of amides is 2. The number of benzene rings is 1. The van der Waals surface area contributed by atoms with Crippen molar-refractivity contribution in [1.82, 2.24) is 9.21 Å². The largest absolute Gasteiger partial charge is 0.450 e. The molecule has 0 saturated carbocycles. The van der Waals surface area contributed by atoms with Crippen LogP contribution in [0.1, 0.15) is 39.5 Å². The lowest BCUT2D eigenvalue weighted by Crippen LogP contribution is -2.44. The van der Waals surface area contributed by atoms with E-state index in [0.717, 1.165) is 19.3 Å². The van der Waals surface area contributed by atoms with E-state index in [9.17, 15) is 18.0 Å². The van der Waals surface area contributed by atoms with Gasteiger partial charge in [-0.05, 0) is 62.8 Å². The SMILES string of the molecule is CCOC(=O)N1CCC[C@@H](C(=O)Nc2ccc(S(=O)(=O)N3CCC[C@H](C)C3)cc2)C1. The molecular weight excluding hydrogens is 406 g/mol. The highest BCUT2D eigenvalue weighted by Crippen LogP contribution is 2.25. The van der Waals surface area contributed by atoms with E-state index in [1.807, 2.05) is 0 Å². The molecule has 1 aromatic carbocycles. The molecule has 1 aromatic rings. The maximum absolute atomic E-state index is 12.9. The fraction of sp³-hybridized carbons (Fsp3) is 0.619. The second-order valence-corrected chi connectivity index (χ2v) is 10.0. The highest BCUT2D eigenvalue weighted by molar-refractivity contribution is 7.89. The first-order valence-corrected chi connectivity index (χ1v) is 12.1. The fourth-order valence-electron chi connectivity index (χ4n) is 4.04. The number of carbonyl (C=O) groups is 2. The lowest BCUT2D eigenvalue weighted by Gasteiger charge is -2.31. The summed E-state index contributed by atoms with van der Waals surface area (Å²) in [6.45, 7) is 6.12. The zero-order valence-electron chi connectivity index (χ0n) is 17.7. The van der Waals surface area contributed by atoms with Gasteiger partial charge in [0.25, 0.3) is 0 Å². The Morgan fingerprint density at radius 3 is 2.47 bits per heavy atom. The van der Waals surface area contributed by atoms with Gasteiger partial charge in [-0.1, -0.05) is 6.92 Å². The Labute approximate surface area is 178 Å². The first-order valence-electron chi connectivity index (χ1n) is 10.6. The average molecular weight is 438 g/mol. The summed E-state index contributed by atoms with van der Waals surface area (Å²) >= 11 is 0. The van der Waals surface area contributed by atoms with Gasteiger partial charge in [-0.2, -0.15) is 4.31 Å². The molecule has 0 spiro atoms. The van der Waals surface area contributed by atoms with Crippen LogP contribution in [-0.4, -0.2) is 62.4 Å². The Balaban J connectivity index is 1.61. The van der Waals surface area contributed by atoms with Gasteiger partial charge in [-0.15, -0.1) is 0 Å². The second-order valence-electron chi connectivity index (χ2n) is 8.11. The van der Waals surface area contributed by atoms with Crippen LogP contribution >= 0.6 is 0 Å². The van der Waals surface area contributed by atoms with Crippen LogP contribution in [0.3, 0.4) is 0 Å². The molecule has 0 bridgehead atoms. The zero-order chi connectivity index (χ0) is 21.7. The predicted octanol–water partition coefficient (Wildman–Crippen LogP) is 2.91. The van der Waals surface area contributed by atoms with Crippen molar-refractivity contribution >= 4 is 27.7 Å². The number of rotatable bonds is 5. The van der Waals surface area contributed by atoms with Crippen LogP contribution < -0.4 is 5.32 Å². The Hall–Kier alpha value is -2.13. The normalized spacial score (nSPS) is 23.1. The summed E-state index contributed by atoms with van der Waals surface area (Å²) in [7, 11) is -3.52. The molecule has 30 heavy (non-hydrogen) atoms. The predicted molar refractivity (Wildman–Crippen MR) is 114 cm³/mol. The molecule has 1 N–H and O–H groups in total. The van der Waals surface area contributed by atoms with Crippen LogP contribution in [-0.2, 0) is 19.6 Å². The van der Waals surface area contributed by atoms with Crippen LogP contribution in [0.25, 0.3) is 0 Å². The Morgan fingerprint density at radius 1 is 1.10 bits per heavy atom. The van der Waals surface area contributed by atoms with Crippen LogP contribution in [0, 0.1) is 11.8 Å². The van der Waals surface area contributed by atoms with Gasteiger partial charge < -0.3 is 15.0 Å². The van der Waals surface area contributed by atoms with Crippen LogP contribution in [0.2, 0.25) is 0 Å². The number of hydrogen-bond acceptors (Lipinski definition) is 5. The Bertz CT molecular complexity index is 856. The topological polar surface area (TPSA) is 96.0 Å². The van der Waals surface area contributed by atoms with E-state index >= 15 is 0 Å². The maximum atomic E-state index is 12.9. The van der Waals surface area contributed by atoms with E-state index in [1.165, 1.54) is 12.1 Å². The number of sulfonamides is 1. The third-order valence-corrected chi connectivity index (χ3v) is 7.58. The highest BCUT2D eigenvalue weighted by atomic mass is 32.2. The minimum atomic E-state index is -3.52. The third kappa shape index (κ3) is 5.31. The minimum absolute atomic E-state index is 0.176. The smallest absolute Gasteiger partial charge is 0.409 e. The van der Waals surface area contributed by atoms with Crippen molar-refractivity contribution in [3.05, 3.63) is 24.3 Å². The van der Waals surface area contributed by atoms with Crippen molar-refractivity contribution in [1.29, 1.82) is 0 Å². The van der Waals surface area contributed by atoms with E-state index in [2.05, 4.69) is 12.2 Å². The molecule has 2 aliphatic heterocycles. The van der Waals surface area contributed by atoms with Gasteiger partial charge in [0, 0.05) is 31.9 Å². The van der Waals surface area contributed by atoms with Gasteiger partial charge >= 0.3 is 6.09 Å². The summed E-state index contributed by atoms with van der Waals surface area (Å²) in [4.78, 5) is 26.4. The van der Waals surface area contributed by atoms with Crippen molar-refractivity contribution in [2.75, 3.05) is 38.1 Å². The molecule has 166 valence electrons. The number of hydrogen-bond donors (Lipinski definition) is 1. The Morgan fingerprint density at radius 2 is 1.80 bits per heavy atom. The number of ether oxygens (including phenoxy) is 1. The van der Waals surface area contributed by atoms with Crippen molar-refractivity contribution in [2.45, 2.75) is 44.4 Å². The molecular formula is C21H31N3O5S. The summed E-state index contributed by atoms with van der Waals surface area (Å²) in [5.41, 5.74) is 0.541. The molecule has 2 fully saturated rings. The van der Waals surface area contributed by atoms with Crippen molar-refractivity contribution in [2.24, 2.45) is 11.8 Å². The molecule has 0 unspecified atom stereocenters. The van der Waals surface area contributed by atoms with Gasteiger partial charge in [-0.3, -0.25) is 4.79 Å². The summed E-state index contributed by atoms with van der Waals surface area (Å²) in [5, 5.41) is 2.84. The summed E-state index contributed by atoms with van der Waals surface area (Å²) in [6.07, 6.45) is 2.96. The lowest BCUT2D eigenvalue weighted by molar-refractivity contribution is -0.121. The molecule has 3 rings (SSSR count). The molecule has 0 aliphatic carbocycles. The summed E-state index contributed by atoms with van der Waals surface area (Å²) < 4.78 is 32.3. The van der Waals surface area contributed by atoms with Crippen LogP contribution in [0.4, 0.5) is 10.5 Å². The van der Waals surface area contributed by atoms with E-state index in [1.54, 1.807) is 28.3 Å². The fourth-order valence-corrected chi connectivity index (χ4v) is 5.64. The average Bonchev–Trinajstić information content (AvgIpc) is 2.74. The molecule has 8 nitrogen and oxygen atoms in total. The number of nitrogens with one attached hydrogen (secondary N) is 1. The molecule has 2 atom stereocenters. The van der Waals surface area contributed by atoms with Gasteiger partial charge in [0.1, 0.15) is 0 Å². The third-order valence-electron chi connectivity index (χ3n) is 5.70. The first-order chi connectivity index (χ1) is 14.3. The molecule has 0 radical (unpaired) electrons. The van der Waals surface area contributed by atoms with Crippen LogP contribution in [0.5, 0.6) is 0 Å². The van der Waals surface area contributed by atoms with Gasteiger partial charge in [0.2, 0.25) is 15.9 Å². The molecule has 2 heterocycles.